The zero-order valence-corrected chi connectivity index (χ0v) is 12.9. The zero-order valence-electron chi connectivity index (χ0n) is 12.9. The van der Waals surface area contributed by atoms with E-state index in [0.717, 1.165) is 0 Å². The molecule has 0 bridgehead atoms. The van der Waals surface area contributed by atoms with E-state index in [1.165, 1.54) is 4.90 Å². The highest BCUT2D eigenvalue weighted by atomic mass is 16.6. The maximum atomic E-state index is 12.2. The Hall–Kier alpha value is -1.30. The van der Waals surface area contributed by atoms with Gasteiger partial charge in [-0.05, 0) is 26.7 Å². The fraction of sp³-hybridized carbons (Fsp3) is 0.857. The number of hydrogen-bond acceptors (Lipinski definition) is 4. The topological polar surface area (TPSA) is 76.1 Å². The van der Waals surface area contributed by atoms with Gasteiger partial charge in [-0.15, -0.1) is 0 Å². The van der Waals surface area contributed by atoms with E-state index in [9.17, 15) is 14.7 Å². The molecule has 6 heteroatoms. The number of nitrogens with zero attached hydrogens (tertiary/aromatic N) is 1. The first-order valence-electron chi connectivity index (χ1n) is 6.93. The summed E-state index contributed by atoms with van der Waals surface area (Å²) in [5, 5.41) is 9.39. The van der Waals surface area contributed by atoms with Crippen LogP contribution in [-0.4, -0.2) is 53.5 Å². The number of carboxylic acid groups (broad SMARTS) is 1. The summed E-state index contributed by atoms with van der Waals surface area (Å²) >= 11 is 0. The number of amides is 1. The lowest BCUT2D eigenvalue weighted by atomic mass is 9.87. The normalized spacial score (nSPS) is 21.7. The first-order chi connectivity index (χ1) is 9.13. The molecule has 1 aliphatic rings. The molecule has 0 aromatic carbocycles. The monoisotopic (exact) mass is 287 g/mol. The van der Waals surface area contributed by atoms with Gasteiger partial charge in [0, 0.05) is 6.54 Å². The summed E-state index contributed by atoms with van der Waals surface area (Å²) in [6.45, 7) is 10.0. The molecule has 0 aromatic rings. The molecule has 1 aliphatic heterocycles. The Morgan fingerprint density at radius 3 is 2.40 bits per heavy atom. The Bertz CT molecular complexity index is 361. The highest BCUT2D eigenvalue weighted by Crippen LogP contribution is 2.25. The summed E-state index contributed by atoms with van der Waals surface area (Å²) in [7, 11) is 0. The average Bonchev–Trinajstić information content (AvgIpc) is 2.26. The summed E-state index contributed by atoms with van der Waals surface area (Å²) in [4.78, 5) is 25.2. The molecule has 20 heavy (non-hydrogen) atoms. The molecule has 0 saturated carbocycles. The summed E-state index contributed by atoms with van der Waals surface area (Å²) in [6, 6.07) is -0.490. The predicted molar refractivity (Wildman–Crippen MR) is 73.5 cm³/mol. The van der Waals surface area contributed by atoms with Crippen LogP contribution in [0.5, 0.6) is 0 Å². The lowest BCUT2D eigenvalue weighted by molar-refractivity contribution is -0.149. The molecule has 0 aliphatic carbocycles. The van der Waals surface area contributed by atoms with Gasteiger partial charge in [0.05, 0.1) is 25.2 Å². The van der Waals surface area contributed by atoms with Gasteiger partial charge in [0.25, 0.3) is 0 Å². The maximum Gasteiger partial charge on any atom is 0.410 e. The Kier molecular flexibility index (Phi) is 5.39. The van der Waals surface area contributed by atoms with E-state index in [4.69, 9.17) is 9.47 Å². The van der Waals surface area contributed by atoms with Crippen LogP contribution in [0.3, 0.4) is 0 Å². The highest BCUT2D eigenvalue weighted by Gasteiger charge is 2.40. The van der Waals surface area contributed by atoms with Crippen LogP contribution in [0.2, 0.25) is 0 Å². The molecule has 1 rings (SSSR count). The molecule has 2 unspecified atom stereocenters. The van der Waals surface area contributed by atoms with E-state index in [0.29, 0.717) is 13.2 Å². The molecule has 6 nitrogen and oxygen atoms in total. The number of carboxylic acids is 1. The van der Waals surface area contributed by atoms with Crippen LogP contribution < -0.4 is 0 Å². The van der Waals surface area contributed by atoms with Crippen molar-refractivity contribution in [3.8, 4) is 0 Å². The van der Waals surface area contributed by atoms with Crippen molar-refractivity contribution in [2.45, 2.75) is 46.3 Å². The van der Waals surface area contributed by atoms with Crippen molar-refractivity contribution in [3.05, 3.63) is 0 Å². The van der Waals surface area contributed by atoms with Gasteiger partial charge < -0.3 is 14.6 Å². The number of hydrogen-bond donors (Lipinski definition) is 1. The minimum absolute atomic E-state index is 0.0934. The first-order valence-corrected chi connectivity index (χ1v) is 6.93. The summed E-state index contributed by atoms with van der Waals surface area (Å²) < 4.78 is 10.7. The van der Waals surface area contributed by atoms with Gasteiger partial charge >= 0.3 is 12.1 Å². The van der Waals surface area contributed by atoms with E-state index >= 15 is 0 Å². The Morgan fingerprint density at radius 1 is 1.35 bits per heavy atom. The SMILES string of the molecule is CC(C)C(C(=O)O)C1COCCN1C(=O)OC(C)(C)C. The molecule has 0 spiro atoms. The number of rotatable bonds is 3. The molecule has 1 heterocycles. The van der Waals surface area contributed by atoms with Gasteiger partial charge in [-0.2, -0.15) is 0 Å². The van der Waals surface area contributed by atoms with Crippen LogP contribution in [-0.2, 0) is 14.3 Å². The van der Waals surface area contributed by atoms with Crippen LogP contribution in [0.4, 0.5) is 4.79 Å². The predicted octanol–water partition coefficient (Wildman–Crippen LogP) is 1.98. The van der Waals surface area contributed by atoms with Crippen molar-refractivity contribution in [3.63, 3.8) is 0 Å². The molecule has 2 atom stereocenters. The quantitative estimate of drug-likeness (QED) is 0.859. The Morgan fingerprint density at radius 2 is 1.95 bits per heavy atom. The summed E-state index contributed by atoms with van der Waals surface area (Å²) in [5.41, 5.74) is -0.601. The number of aliphatic carboxylic acids is 1. The fourth-order valence-corrected chi connectivity index (χ4v) is 2.36. The lowest BCUT2D eigenvalue weighted by Crippen LogP contribution is -2.56. The van der Waals surface area contributed by atoms with Crippen molar-refractivity contribution in [1.29, 1.82) is 0 Å². The largest absolute Gasteiger partial charge is 0.481 e. The molecule has 1 amide bonds. The second-order valence-electron chi connectivity index (χ2n) is 6.42. The average molecular weight is 287 g/mol. The molecule has 1 saturated heterocycles. The molecular formula is C14H25NO5. The van der Waals surface area contributed by atoms with Gasteiger partial charge in [0.1, 0.15) is 5.60 Å². The minimum Gasteiger partial charge on any atom is -0.481 e. The standard InChI is InChI=1S/C14H25NO5/c1-9(2)11(12(16)17)10-8-19-7-6-15(10)13(18)20-14(3,4)5/h9-11H,6-8H2,1-5H3,(H,16,17). The zero-order chi connectivity index (χ0) is 15.5. The van der Waals surface area contributed by atoms with Crippen LogP contribution in [0.1, 0.15) is 34.6 Å². The smallest absolute Gasteiger partial charge is 0.410 e. The second-order valence-corrected chi connectivity index (χ2v) is 6.42. The summed E-state index contributed by atoms with van der Waals surface area (Å²) in [6.07, 6.45) is -0.474. The Balaban J connectivity index is 2.91. The fourth-order valence-electron chi connectivity index (χ4n) is 2.36. The van der Waals surface area contributed by atoms with Crippen molar-refractivity contribution >= 4 is 12.1 Å². The van der Waals surface area contributed by atoms with Gasteiger partial charge in [0.2, 0.25) is 0 Å². The first kappa shape index (κ1) is 16.8. The Labute approximate surface area is 120 Å². The van der Waals surface area contributed by atoms with E-state index < -0.39 is 29.6 Å². The third kappa shape index (κ3) is 4.37. The van der Waals surface area contributed by atoms with Crippen molar-refractivity contribution in [1.82, 2.24) is 4.90 Å². The molecule has 0 radical (unpaired) electrons. The van der Waals surface area contributed by atoms with Crippen molar-refractivity contribution in [2.24, 2.45) is 11.8 Å². The summed E-state index contributed by atoms with van der Waals surface area (Å²) in [5.74, 6) is -1.67. The van der Waals surface area contributed by atoms with Gasteiger partial charge in [0.15, 0.2) is 0 Å². The minimum atomic E-state index is -0.913. The van der Waals surface area contributed by atoms with E-state index in [1.807, 2.05) is 13.8 Å². The van der Waals surface area contributed by atoms with E-state index in [-0.39, 0.29) is 12.5 Å². The molecule has 1 fully saturated rings. The van der Waals surface area contributed by atoms with Crippen LogP contribution in [0.25, 0.3) is 0 Å². The van der Waals surface area contributed by atoms with Crippen LogP contribution in [0, 0.1) is 11.8 Å². The van der Waals surface area contributed by atoms with Gasteiger partial charge in [-0.3, -0.25) is 9.69 Å². The van der Waals surface area contributed by atoms with Gasteiger partial charge in [-0.25, -0.2) is 4.79 Å². The van der Waals surface area contributed by atoms with Gasteiger partial charge in [-0.1, -0.05) is 13.8 Å². The number of morpholine rings is 1. The lowest BCUT2D eigenvalue weighted by Gasteiger charge is -2.40. The second kappa shape index (κ2) is 6.43. The van der Waals surface area contributed by atoms with Crippen molar-refractivity contribution < 1.29 is 24.2 Å². The highest BCUT2D eigenvalue weighted by molar-refractivity contribution is 5.74. The molecule has 116 valence electrons. The van der Waals surface area contributed by atoms with Crippen LogP contribution in [0.15, 0.2) is 0 Å². The number of carbonyl (C=O) groups is 2. The van der Waals surface area contributed by atoms with E-state index in [1.54, 1.807) is 20.8 Å². The van der Waals surface area contributed by atoms with Crippen molar-refractivity contribution in [2.75, 3.05) is 19.8 Å². The molecule has 0 aromatic heterocycles. The maximum absolute atomic E-state index is 12.2. The van der Waals surface area contributed by atoms with E-state index in [2.05, 4.69) is 0 Å². The number of ether oxygens (including phenoxy) is 2. The number of carbonyl (C=O) groups excluding carboxylic acids is 1. The van der Waals surface area contributed by atoms with Crippen LogP contribution >= 0.6 is 0 Å². The molecule has 1 N–H and O–H groups in total. The third-order valence-corrected chi connectivity index (χ3v) is 3.21. The molecular weight excluding hydrogens is 262 g/mol. The third-order valence-electron chi connectivity index (χ3n) is 3.21.